The molecule has 0 atom stereocenters. The standard InChI is InChI=1S/C8H11F3N2O2S2/c1-17(14,15)4-7-13-6(3-16-7)2-12-5-8(9,10)11/h3,12H,2,4-5H2,1H3. The van der Waals surface area contributed by atoms with Gasteiger partial charge in [0.1, 0.15) is 10.8 Å². The molecule has 0 amide bonds. The summed E-state index contributed by atoms with van der Waals surface area (Å²) in [5.74, 6) is -0.184. The van der Waals surface area contributed by atoms with E-state index in [0.29, 0.717) is 10.7 Å². The summed E-state index contributed by atoms with van der Waals surface area (Å²) >= 11 is 1.12. The maximum atomic E-state index is 11.8. The number of nitrogens with one attached hydrogen (secondary N) is 1. The van der Waals surface area contributed by atoms with Crippen LogP contribution >= 0.6 is 11.3 Å². The Morgan fingerprint density at radius 3 is 2.65 bits per heavy atom. The number of rotatable bonds is 5. The van der Waals surface area contributed by atoms with Crippen molar-refractivity contribution in [3.05, 3.63) is 16.1 Å². The van der Waals surface area contributed by atoms with Gasteiger partial charge >= 0.3 is 6.18 Å². The summed E-state index contributed by atoms with van der Waals surface area (Å²) in [7, 11) is -3.16. The molecule has 17 heavy (non-hydrogen) atoms. The third-order valence-electron chi connectivity index (χ3n) is 1.62. The molecule has 0 aliphatic heterocycles. The van der Waals surface area contributed by atoms with Crippen molar-refractivity contribution >= 4 is 21.2 Å². The number of alkyl halides is 3. The van der Waals surface area contributed by atoms with E-state index in [4.69, 9.17) is 0 Å². The fourth-order valence-corrected chi connectivity index (χ4v) is 3.06. The van der Waals surface area contributed by atoms with Crippen LogP contribution in [0.1, 0.15) is 10.7 Å². The van der Waals surface area contributed by atoms with Crippen molar-refractivity contribution in [1.82, 2.24) is 10.3 Å². The van der Waals surface area contributed by atoms with Gasteiger partial charge in [0.25, 0.3) is 0 Å². The predicted octanol–water partition coefficient (Wildman–Crippen LogP) is 1.34. The van der Waals surface area contributed by atoms with Gasteiger partial charge in [-0.15, -0.1) is 11.3 Å². The lowest BCUT2D eigenvalue weighted by Gasteiger charge is -2.06. The molecule has 0 saturated heterocycles. The van der Waals surface area contributed by atoms with E-state index in [0.717, 1.165) is 17.6 Å². The van der Waals surface area contributed by atoms with Crippen LogP contribution in [0.25, 0.3) is 0 Å². The maximum absolute atomic E-state index is 11.8. The molecule has 4 nitrogen and oxygen atoms in total. The Bertz CT molecular complexity index is 467. The normalized spacial score (nSPS) is 12.9. The SMILES string of the molecule is CS(=O)(=O)Cc1nc(CNCC(F)(F)F)cs1. The second-order valence-electron chi connectivity index (χ2n) is 3.52. The molecule has 0 aromatic carbocycles. The first-order valence-corrected chi connectivity index (χ1v) is 7.48. The topological polar surface area (TPSA) is 59.1 Å². The van der Waals surface area contributed by atoms with Crippen molar-refractivity contribution in [2.45, 2.75) is 18.5 Å². The summed E-state index contributed by atoms with van der Waals surface area (Å²) in [6.45, 7) is -1.12. The molecule has 1 rings (SSSR count). The van der Waals surface area contributed by atoms with Crippen LogP contribution in [0.4, 0.5) is 13.2 Å². The summed E-state index contributed by atoms with van der Waals surface area (Å²) in [5.41, 5.74) is 0.415. The van der Waals surface area contributed by atoms with Crippen molar-refractivity contribution < 1.29 is 21.6 Å². The molecule has 0 aliphatic rings. The number of thiazole rings is 1. The van der Waals surface area contributed by atoms with Gasteiger partial charge in [-0.25, -0.2) is 13.4 Å². The van der Waals surface area contributed by atoms with Crippen molar-refractivity contribution in [2.75, 3.05) is 12.8 Å². The molecule has 1 aromatic heterocycles. The Morgan fingerprint density at radius 1 is 1.47 bits per heavy atom. The fraction of sp³-hybridized carbons (Fsp3) is 0.625. The van der Waals surface area contributed by atoms with Crippen molar-refractivity contribution in [3.63, 3.8) is 0 Å². The van der Waals surface area contributed by atoms with E-state index in [-0.39, 0.29) is 12.3 Å². The zero-order valence-electron chi connectivity index (χ0n) is 8.91. The quantitative estimate of drug-likeness (QED) is 0.888. The molecule has 98 valence electrons. The molecule has 0 fully saturated rings. The molecule has 0 radical (unpaired) electrons. The number of hydrogen-bond acceptors (Lipinski definition) is 5. The number of hydrogen-bond donors (Lipinski definition) is 1. The van der Waals surface area contributed by atoms with Gasteiger partial charge in [-0.2, -0.15) is 13.2 Å². The monoisotopic (exact) mass is 288 g/mol. The van der Waals surface area contributed by atoms with Crippen molar-refractivity contribution in [3.8, 4) is 0 Å². The van der Waals surface area contributed by atoms with Crippen LogP contribution in [0, 0.1) is 0 Å². The minimum atomic E-state index is -4.26. The predicted molar refractivity (Wildman–Crippen MR) is 58.4 cm³/mol. The van der Waals surface area contributed by atoms with Gasteiger partial charge in [0.2, 0.25) is 0 Å². The minimum absolute atomic E-state index is 0.0280. The van der Waals surface area contributed by atoms with Gasteiger partial charge in [0, 0.05) is 18.2 Å². The molecular weight excluding hydrogens is 277 g/mol. The van der Waals surface area contributed by atoms with Crippen LogP contribution in [0.3, 0.4) is 0 Å². The van der Waals surface area contributed by atoms with Crippen LogP contribution in [0.2, 0.25) is 0 Å². The number of halogens is 3. The van der Waals surface area contributed by atoms with E-state index in [1.807, 2.05) is 0 Å². The van der Waals surface area contributed by atoms with E-state index in [9.17, 15) is 21.6 Å². The molecule has 0 spiro atoms. The molecule has 0 unspecified atom stereocenters. The van der Waals surface area contributed by atoms with Crippen LogP contribution in [0.5, 0.6) is 0 Å². The van der Waals surface area contributed by atoms with Crippen LogP contribution in [0.15, 0.2) is 5.38 Å². The molecule has 0 saturated carbocycles. The minimum Gasteiger partial charge on any atom is -0.303 e. The van der Waals surface area contributed by atoms with Gasteiger partial charge in [0.15, 0.2) is 9.84 Å². The first-order valence-electron chi connectivity index (χ1n) is 4.54. The highest BCUT2D eigenvalue weighted by atomic mass is 32.2. The Labute approximate surface area is 101 Å². The zero-order chi connectivity index (χ0) is 13.1. The fourth-order valence-electron chi connectivity index (χ4n) is 1.05. The molecule has 9 heteroatoms. The molecule has 1 heterocycles. The van der Waals surface area contributed by atoms with E-state index in [2.05, 4.69) is 10.3 Å². The van der Waals surface area contributed by atoms with E-state index in [1.165, 1.54) is 0 Å². The molecule has 1 aromatic rings. The van der Waals surface area contributed by atoms with Crippen molar-refractivity contribution in [1.29, 1.82) is 0 Å². The first-order chi connectivity index (χ1) is 7.66. The first kappa shape index (κ1) is 14.4. The lowest BCUT2D eigenvalue weighted by atomic mass is 10.4. The number of nitrogens with zero attached hydrogens (tertiary/aromatic N) is 1. The largest absolute Gasteiger partial charge is 0.401 e. The lowest BCUT2D eigenvalue weighted by molar-refractivity contribution is -0.125. The molecular formula is C8H11F3N2O2S2. The van der Waals surface area contributed by atoms with Crippen LogP contribution in [-0.4, -0.2) is 32.4 Å². The third-order valence-corrected chi connectivity index (χ3v) is 3.49. The highest BCUT2D eigenvalue weighted by molar-refractivity contribution is 7.90. The molecule has 1 N–H and O–H groups in total. The Hall–Kier alpha value is -0.670. The molecule has 0 aliphatic carbocycles. The average molecular weight is 288 g/mol. The highest BCUT2D eigenvalue weighted by Gasteiger charge is 2.26. The van der Waals surface area contributed by atoms with Crippen LogP contribution in [-0.2, 0) is 22.1 Å². The van der Waals surface area contributed by atoms with Gasteiger partial charge in [-0.1, -0.05) is 0 Å². The molecule has 0 bridgehead atoms. The van der Waals surface area contributed by atoms with Crippen LogP contribution < -0.4 is 5.32 Å². The van der Waals surface area contributed by atoms with Gasteiger partial charge in [-0.3, -0.25) is 0 Å². The maximum Gasteiger partial charge on any atom is 0.401 e. The summed E-state index contributed by atoms with van der Waals surface area (Å²) in [5, 5.41) is 4.12. The Morgan fingerprint density at radius 2 is 2.12 bits per heavy atom. The summed E-state index contributed by atoms with van der Waals surface area (Å²) in [4.78, 5) is 3.92. The second-order valence-corrected chi connectivity index (χ2v) is 6.60. The van der Waals surface area contributed by atoms with E-state index >= 15 is 0 Å². The summed E-state index contributed by atoms with van der Waals surface area (Å²) in [6.07, 6.45) is -3.18. The number of aromatic nitrogens is 1. The van der Waals surface area contributed by atoms with Gasteiger partial charge in [0.05, 0.1) is 12.2 Å². The summed E-state index contributed by atoms with van der Waals surface area (Å²) in [6, 6.07) is 0. The second kappa shape index (κ2) is 5.32. The Balaban J connectivity index is 2.47. The lowest BCUT2D eigenvalue weighted by Crippen LogP contribution is -2.28. The van der Waals surface area contributed by atoms with Crippen molar-refractivity contribution in [2.24, 2.45) is 0 Å². The third kappa shape index (κ3) is 6.59. The Kier molecular flexibility index (Phi) is 4.50. The van der Waals surface area contributed by atoms with E-state index < -0.39 is 22.6 Å². The number of sulfone groups is 1. The van der Waals surface area contributed by atoms with Gasteiger partial charge < -0.3 is 5.32 Å². The smallest absolute Gasteiger partial charge is 0.303 e. The van der Waals surface area contributed by atoms with Gasteiger partial charge in [-0.05, 0) is 0 Å². The summed E-state index contributed by atoms with van der Waals surface area (Å²) < 4.78 is 57.4. The zero-order valence-corrected chi connectivity index (χ0v) is 10.5. The average Bonchev–Trinajstić information content (AvgIpc) is 2.46. The highest BCUT2D eigenvalue weighted by Crippen LogP contribution is 2.14. The van der Waals surface area contributed by atoms with E-state index in [1.54, 1.807) is 5.38 Å².